The Morgan fingerprint density at radius 3 is 1.34 bits per heavy atom. The predicted octanol–water partition coefficient (Wildman–Crippen LogP) is 20.2. The number of rotatable bonds is 10. The summed E-state index contributed by atoms with van der Waals surface area (Å²) in [6.07, 6.45) is 13.4. The van der Waals surface area contributed by atoms with Crippen molar-refractivity contribution in [1.82, 2.24) is 0 Å². The van der Waals surface area contributed by atoms with E-state index in [1.54, 1.807) is 11.1 Å². The molecule has 2 fully saturated rings. The summed E-state index contributed by atoms with van der Waals surface area (Å²) in [5, 5.41) is 8.09. The van der Waals surface area contributed by atoms with E-state index in [9.17, 15) is 0 Å². The second-order valence-electron chi connectivity index (χ2n) is 23.4. The first-order valence-electron chi connectivity index (χ1n) is 27.0. The SMILES string of the molecule is C[Si](C)(C)C1([Si](C)(C)C)c2cc3cc(N(c4ccccc4)c4ccc(C5CCCCC5)cc4)ccc3cc2-c2c1c1ccc(N(c3ccccc3)c3ccc(C4CCCCC4)cc3)cc1c1ccccc21. The molecule has 356 valence electrons. The highest BCUT2D eigenvalue weighted by Crippen LogP contribution is 2.62. The standard InChI is InChI=1S/C67H70N2Si2/c1-70(2,3)67(71(4,5)6)64-45-52-43-57(68(53-25-15-9-16-26-53)55-36-31-49(32-37-55)47-21-11-7-12-22-47)40-35-51(52)44-63(64)65-60-30-20-19-29-59(60)62-46-58(41-42-61(62)66(65)67)69(54-27-17-10-18-28-54)56-38-33-50(34-39-56)48-23-13-8-14-24-48/h9-10,15-20,25-48H,7-8,11-14,21-24H2,1-6H3. The molecule has 0 atom stereocenters. The Balaban J connectivity index is 1.04. The van der Waals surface area contributed by atoms with Gasteiger partial charge in [0.1, 0.15) is 0 Å². The summed E-state index contributed by atoms with van der Waals surface area (Å²) in [6.45, 7) is 16.0. The van der Waals surface area contributed by atoms with Gasteiger partial charge in [0.25, 0.3) is 0 Å². The van der Waals surface area contributed by atoms with E-state index < -0.39 is 16.1 Å². The van der Waals surface area contributed by atoms with E-state index in [1.807, 2.05) is 0 Å². The van der Waals surface area contributed by atoms with Crippen molar-refractivity contribution in [3.63, 3.8) is 0 Å². The normalized spacial score (nSPS) is 16.3. The highest BCUT2D eigenvalue weighted by molar-refractivity contribution is 7.00. The van der Waals surface area contributed by atoms with E-state index in [1.165, 1.54) is 153 Å². The largest absolute Gasteiger partial charge is 0.310 e. The van der Waals surface area contributed by atoms with Crippen LogP contribution in [0, 0.1) is 0 Å². The Morgan fingerprint density at radius 2 is 0.817 bits per heavy atom. The van der Waals surface area contributed by atoms with Gasteiger partial charge in [-0.1, -0.05) is 181 Å². The van der Waals surface area contributed by atoms with Crippen molar-refractivity contribution in [3.8, 4) is 11.1 Å². The summed E-state index contributed by atoms with van der Waals surface area (Å²) in [5.41, 5.74) is 16.2. The van der Waals surface area contributed by atoms with Crippen LogP contribution in [-0.4, -0.2) is 16.1 Å². The molecule has 0 aromatic heterocycles. The number of benzene rings is 9. The second kappa shape index (κ2) is 18.1. The average molecular weight is 959 g/mol. The minimum Gasteiger partial charge on any atom is -0.310 e. The third-order valence-corrected chi connectivity index (χ3v) is 27.3. The number of hydrogen-bond donors (Lipinski definition) is 0. The first-order valence-corrected chi connectivity index (χ1v) is 34.0. The van der Waals surface area contributed by atoms with Gasteiger partial charge in [-0.05, 0) is 182 Å². The number of anilines is 6. The van der Waals surface area contributed by atoms with E-state index >= 15 is 0 Å². The molecule has 0 bridgehead atoms. The van der Waals surface area contributed by atoms with Gasteiger partial charge in [0, 0.05) is 38.8 Å². The lowest BCUT2D eigenvalue weighted by Crippen LogP contribution is -2.63. The fourth-order valence-electron chi connectivity index (χ4n) is 14.5. The zero-order valence-corrected chi connectivity index (χ0v) is 44.9. The Bertz CT molecular complexity index is 3380. The highest BCUT2D eigenvalue weighted by Gasteiger charge is 2.60. The van der Waals surface area contributed by atoms with Gasteiger partial charge in [-0.25, -0.2) is 0 Å². The molecule has 2 saturated carbocycles. The smallest absolute Gasteiger partial charge is 0.0579 e. The van der Waals surface area contributed by atoms with Crippen LogP contribution in [0.3, 0.4) is 0 Å². The zero-order chi connectivity index (χ0) is 48.5. The molecule has 4 heteroatoms. The fraction of sp³-hybridized carbons (Fsp3) is 0.284. The minimum atomic E-state index is -2.08. The number of nitrogens with zero attached hydrogens (tertiary/aromatic N) is 2. The van der Waals surface area contributed by atoms with Gasteiger partial charge in [0.15, 0.2) is 0 Å². The van der Waals surface area contributed by atoms with Gasteiger partial charge in [-0.3, -0.25) is 0 Å². The van der Waals surface area contributed by atoms with E-state index in [-0.39, 0.29) is 4.66 Å². The number of hydrogen-bond acceptors (Lipinski definition) is 2. The molecule has 0 radical (unpaired) electrons. The van der Waals surface area contributed by atoms with Crippen LogP contribution in [-0.2, 0) is 4.66 Å². The lowest BCUT2D eigenvalue weighted by atomic mass is 9.84. The molecule has 0 spiro atoms. The molecular weight excluding hydrogens is 889 g/mol. The van der Waals surface area contributed by atoms with E-state index in [0.717, 1.165) is 0 Å². The summed E-state index contributed by atoms with van der Waals surface area (Å²) in [4.78, 5) is 4.96. The molecule has 0 amide bonds. The Labute approximate surface area is 425 Å². The van der Waals surface area contributed by atoms with E-state index in [0.29, 0.717) is 11.8 Å². The Morgan fingerprint density at radius 1 is 0.366 bits per heavy atom. The van der Waals surface area contributed by atoms with Gasteiger partial charge >= 0.3 is 0 Å². The maximum Gasteiger partial charge on any atom is 0.0579 e. The molecule has 0 aliphatic heterocycles. The first-order chi connectivity index (χ1) is 34.5. The van der Waals surface area contributed by atoms with Crippen molar-refractivity contribution < 1.29 is 0 Å². The summed E-state index contributed by atoms with van der Waals surface area (Å²) < 4.78 is -0.0687. The average Bonchev–Trinajstić information content (AvgIpc) is 3.73. The highest BCUT2D eigenvalue weighted by atomic mass is 28.4. The van der Waals surface area contributed by atoms with Gasteiger partial charge < -0.3 is 9.80 Å². The molecule has 12 rings (SSSR count). The van der Waals surface area contributed by atoms with Crippen molar-refractivity contribution in [3.05, 3.63) is 204 Å². The van der Waals surface area contributed by atoms with Crippen molar-refractivity contribution in [1.29, 1.82) is 0 Å². The lowest BCUT2D eigenvalue weighted by molar-refractivity contribution is 0.443. The molecular formula is C67H70N2Si2. The van der Waals surface area contributed by atoms with Crippen molar-refractivity contribution >= 4 is 82.6 Å². The van der Waals surface area contributed by atoms with Crippen LogP contribution in [0.15, 0.2) is 182 Å². The van der Waals surface area contributed by atoms with Crippen LogP contribution in [0.4, 0.5) is 34.1 Å². The molecule has 0 heterocycles. The summed E-state index contributed by atoms with van der Waals surface area (Å²) >= 11 is 0. The third kappa shape index (κ3) is 7.79. The zero-order valence-electron chi connectivity index (χ0n) is 42.9. The van der Waals surface area contributed by atoms with E-state index in [2.05, 4.69) is 231 Å². The van der Waals surface area contributed by atoms with E-state index in [4.69, 9.17) is 0 Å². The quantitative estimate of drug-likeness (QED) is 0.0995. The molecule has 0 unspecified atom stereocenters. The van der Waals surface area contributed by atoms with Crippen LogP contribution < -0.4 is 9.80 Å². The third-order valence-electron chi connectivity index (χ3n) is 17.3. The summed E-state index contributed by atoms with van der Waals surface area (Å²) in [6, 6.07) is 70.5. The summed E-state index contributed by atoms with van der Waals surface area (Å²) in [7, 11) is -4.17. The number of para-hydroxylation sites is 2. The monoisotopic (exact) mass is 959 g/mol. The van der Waals surface area contributed by atoms with Crippen molar-refractivity contribution in [2.24, 2.45) is 0 Å². The van der Waals surface area contributed by atoms with Gasteiger partial charge in [-0.2, -0.15) is 0 Å². The molecule has 0 N–H and O–H groups in total. The molecule has 71 heavy (non-hydrogen) atoms. The van der Waals surface area contributed by atoms with Crippen LogP contribution in [0.2, 0.25) is 39.3 Å². The van der Waals surface area contributed by atoms with Gasteiger partial charge in [-0.15, -0.1) is 0 Å². The lowest BCUT2D eigenvalue weighted by Gasteiger charge is -2.51. The van der Waals surface area contributed by atoms with Gasteiger partial charge in [0.2, 0.25) is 0 Å². The van der Waals surface area contributed by atoms with Crippen LogP contribution >= 0.6 is 0 Å². The summed E-state index contributed by atoms with van der Waals surface area (Å²) in [5.74, 6) is 1.36. The van der Waals surface area contributed by atoms with Crippen LogP contribution in [0.5, 0.6) is 0 Å². The topological polar surface area (TPSA) is 6.48 Å². The maximum atomic E-state index is 2.67. The van der Waals surface area contributed by atoms with Crippen LogP contribution in [0.1, 0.15) is 98.3 Å². The molecule has 3 aliphatic carbocycles. The Hall–Kier alpha value is -6.21. The predicted molar refractivity (Wildman–Crippen MR) is 313 cm³/mol. The second-order valence-corrected chi connectivity index (χ2v) is 34.4. The van der Waals surface area contributed by atoms with Gasteiger partial charge in [0.05, 0.1) is 16.1 Å². The molecule has 2 nitrogen and oxygen atoms in total. The Kier molecular flexibility index (Phi) is 11.7. The molecule has 9 aromatic rings. The van der Waals surface area contributed by atoms with Crippen molar-refractivity contribution in [2.75, 3.05) is 9.80 Å². The minimum absolute atomic E-state index is 0.0687. The fourth-order valence-corrected chi connectivity index (χ4v) is 27.5. The maximum absolute atomic E-state index is 2.67. The van der Waals surface area contributed by atoms with Crippen molar-refractivity contribution in [2.45, 2.75) is 120 Å². The molecule has 0 saturated heterocycles. The number of fused-ring (bicyclic) bond motifs is 9. The molecule has 3 aliphatic rings. The van der Waals surface area contributed by atoms with Crippen LogP contribution in [0.25, 0.3) is 43.4 Å². The first kappa shape index (κ1) is 45.9. The molecule has 9 aromatic carbocycles.